The first-order valence-corrected chi connectivity index (χ1v) is 7.59. The lowest BCUT2D eigenvalue weighted by molar-refractivity contribution is 0.274. The molecule has 1 nitrogen and oxygen atoms in total. The highest BCUT2D eigenvalue weighted by molar-refractivity contribution is 9.10. The van der Waals surface area contributed by atoms with Gasteiger partial charge in [-0.3, -0.25) is 0 Å². The standard InChI is InChI=1S/C15H21BrFN/c1-11-3-2-4-12(7-11)9-18-10-13-5-6-15(17)14(16)8-13/h5-6,8,11-12,18H,2-4,7,9-10H2,1H3. The van der Waals surface area contributed by atoms with E-state index >= 15 is 0 Å². The Hall–Kier alpha value is -0.410. The highest BCUT2D eigenvalue weighted by atomic mass is 79.9. The molecule has 1 saturated carbocycles. The van der Waals surface area contributed by atoms with Gasteiger partial charge < -0.3 is 5.32 Å². The van der Waals surface area contributed by atoms with Crippen LogP contribution < -0.4 is 5.32 Å². The summed E-state index contributed by atoms with van der Waals surface area (Å²) in [5.41, 5.74) is 1.13. The first-order valence-electron chi connectivity index (χ1n) is 6.80. The molecule has 0 bridgehead atoms. The Kier molecular flexibility index (Phi) is 5.19. The minimum Gasteiger partial charge on any atom is -0.312 e. The van der Waals surface area contributed by atoms with Gasteiger partial charge in [-0.15, -0.1) is 0 Å². The van der Waals surface area contributed by atoms with Crippen LogP contribution in [0.15, 0.2) is 22.7 Å². The van der Waals surface area contributed by atoms with Crippen molar-refractivity contribution in [3.63, 3.8) is 0 Å². The number of rotatable bonds is 4. The Morgan fingerprint density at radius 3 is 2.94 bits per heavy atom. The molecule has 0 aliphatic heterocycles. The maximum absolute atomic E-state index is 13.1. The number of benzene rings is 1. The zero-order chi connectivity index (χ0) is 13.0. The van der Waals surface area contributed by atoms with Crippen molar-refractivity contribution in [1.82, 2.24) is 5.32 Å². The van der Waals surface area contributed by atoms with Crippen LogP contribution in [0, 0.1) is 17.7 Å². The molecule has 2 unspecified atom stereocenters. The zero-order valence-electron chi connectivity index (χ0n) is 10.9. The molecule has 0 amide bonds. The third-order valence-corrected chi connectivity index (χ3v) is 4.40. The molecule has 100 valence electrons. The zero-order valence-corrected chi connectivity index (χ0v) is 12.5. The Morgan fingerprint density at radius 1 is 1.39 bits per heavy atom. The van der Waals surface area contributed by atoms with Crippen molar-refractivity contribution in [2.75, 3.05) is 6.54 Å². The Morgan fingerprint density at radius 2 is 2.22 bits per heavy atom. The van der Waals surface area contributed by atoms with Crippen LogP contribution in [0.25, 0.3) is 0 Å². The number of hydrogen-bond acceptors (Lipinski definition) is 1. The first kappa shape index (κ1) is 14.0. The fourth-order valence-electron chi connectivity index (χ4n) is 2.82. The van der Waals surface area contributed by atoms with E-state index in [9.17, 15) is 4.39 Å². The van der Waals surface area contributed by atoms with Crippen molar-refractivity contribution < 1.29 is 4.39 Å². The van der Waals surface area contributed by atoms with E-state index in [0.717, 1.165) is 30.5 Å². The number of hydrogen-bond donors (Lipinski definition) is 1. The molecule has 1 N–H and O–H groups in total. The second-order valence-electron chi connectivity index (χ2n) is 5.52. The van der Waals surface area contributed by atoms with Gasteiger partial charge in [-0.2, -0.15) is 0 Å². The summed E-state index contributed by atoms with van der Waals surface area (Å²) in [4.78, 5) is 0. The first-order chi connectivity index (χ1) is 8.65. The van der Waals surface area contributed by atoms with Crippen LogP contribution in [-0.2, 0) is 6.54 Å². The summed E-state index contributed by atoms with van der Waals surface area (Å²) in [5, 5.41) is 3.50. The summed E-state index contributed by atoms with van der Waals surface area (Å²) in [6.45, 7) is 4.26. The van der Waals surface area contributed by atoms with Gasteiger partial charge in [0.1, 0.15) is 5.82 Å². The van der Waals surface area contributed by atoms with Gasteiger partial charge in [-0.05, 0) is 64.8 Å². The molecule has 0 aromatic heterocycles. The van der Waals surface area contributed by atoms with E-state index in [-0.39, 0.29) is 5.82 Å². The minimum absolute atomic E-state index is 0.195. The SMILES string of the molecule is CC1CCCC(CNCc2ccc(F)c(Br)c2)C1. The molecule has 1 aliphatic rings. The van der Waals surface area contributed by atoms with Crippen molar-refractivity contribution in [3.8, 4) is 0 Å². The molecule has 0 spiro atoms. The van der Waals surface area contributed by atoms with Crippen LogP contribution in [0.5, 0.6) is 0 Å². The van der Waals surface area contributed by atoms with Gasteiger partial charge in [-0.25, -0.2) is 4.39 Å². The second kappa shape index (κ2) is 6.67. The largest absolute Gasteiger partial charge is 0.312 e. The smallest absolute Gasteiger partial charge is 0.137 e. The molecule has 2 rings (SSSR count). The predicted molar refractivity (Wildman–Crippen MR) is 76.9 cm³/mol. The minimum atomic E-state index is -0.195. The lowest BCUT2D eigenvalue weighted by Crippen LogP contribution is -2.26. The monoisotopic (exact) mass is 313 g/mol. The van der Waals surface area contributed by atoms with Crippen LogP contribution in [0.3, 0.4) is 0 Å². The maximum atomic E-state index is 13.1. The van der Waals surface area contributed by atoms with Crippen LogP contribution in [0.4, 0.5) is 4.39 Å². The van der Waals surface area contributed by atoms with Crippen LogP contribution >= 0.6 is 15.9 Å². The van der Waals surface area contributed by atoms with E-state index in [0.29, 0.717) is 4.47 Å². The van der Waals surface area contributed by atoms with Gasteiger partial charge >= 0.3 is 0 Å². The Labute approximate surface area is 117 Å². The molecule has 0 saturated heterocycles. The van der Waals surface area contributed by atoms with Crippen molar-refractivity contribution in [2.24, 2.45) is 11.8 Å². The predicted octanol–water partition coefficient (Wildman–Crippen LogP) is 4.50. The molecular weight excluding hydrogens is 293 g/mol. The molecule has 1 aromatic carbocycles. The Balaban J connectivity index is 1.76. The molecule has 1 aliphatic carbocycles. The third-order valence-electron chi connectivity index (χ3n) is 3.79. The topological polar surface area (TPSA) is 12.0 Å². The summed E-state index contributed by atoms with van der Waals surface area (Å²) in [5.74, 6) is 1.50. The van der Waals surface area contributed by atoms with Crippen molar-refractivity contribution in [3.05, 3.63) is 34.1 Å². The molecule has 3 heteroatoms. The number of nitrogens with one attached hydrogen (secondary N) is 1. The van der Waals surface area contributed by atoms with E-state index in [2.05, 4.69) is 28.2 Å². The van der Waals surface area contributed by atoms with Gasteiger partial charge in [0.2, 0.25) is 0 Å². The van der Waals surface area contributed by atoms with Gasteiger partial charge in [0.15, 0.2) is 0 Å². The van der Waals surface area contributed by atoms with Crippen LogP contribution in [0.2, 0.25) is 0 Å². The molecular formula is C15H21BrFN. The van der Waals surface area contributed by atoms with Crippen molar-refractivity contribution >= 4 is 15.9 Å². The average Bonchev–Trinajstić information content (AvgIpc) is 2.34. The van der Waals surface area contributed by atoms with Gasteiger partial charge in [0, 0.05) is 6.54 Å². The van der Waals surface area contributed by atoms with Crippen LogP contribution in [-0.4, -0.2) is 6.54 Å². The maximum Gasteiger partial charge on any atom is 0.137 e. The summed E-state index contributed by atoms with van der Waals surface area (Å²) >= 11 is 3.22. The number of halogens is 2. The highest BCUT2D eigenvalue weighted by Crippen LogP contribution is 2.28. The lowest BCUT2D eigenvalue weighted by atomic mass is 9.82. The Bertz CT molecular complexity index is 394. The molecule has 1 aromatic rings. The summed E-state index contributed by atoms with van der Waals surface area (Å²) in [7, 11) is 0. The average molecular weight is 314 g/mol. The normalized spacial score (nSPS) is 24.2. The summed E-state index contributed by atoms with van der Waals surface area (Å²) in [6.07, 6.45) is 5.46. The fraction of sp³-hybridized carbons (Fsp3) is 0.600. The third kappa shape index (κ3) is 4.06. The van der Waals surface area contributed by atoms with E-state index < -0.39 is 0 Å². The van der Waals surface area contributed by atoms with E-state index in [4.69, 9.17) is 0 Å². The second-order valence-corrected chi connectivity index (χ2v) is 6.37. The molecule has 18 heavy (non-hydrogen) atoms. The van der Waals surface area contributed by atoms with Gasteiger partial charge in [-0.1, -0.05) is 25.8 Å². The quantitative estimate of drug-likeness (QED) is 0.862. The van der Waals surface area contributed by atoms with Gasteiger partial charge in [0.05, 0.1) is 4.47 Å². The van der Waals surface area contributed by atoms with Crippen molar-refractivity contribution in [1.29, 1.82) is 0 Å². The van der Waals surface area contributed by atoms with Crippen molar-refractivity contribution in [2.45, 2.75) is 39.2 Å². The van der Waals surface area contributed by atoms with E-state index in [1.54, 1.807) is 0 Å². The molecule has 1 fully saturated rings. The summed E-state index contributed by atoms with van der Waals surface area (Å²) in [6, 6.07) is 5.21. The fourth-order valence-corrected chi connectivity index (χ4v) is 3.24. The van der Waals surface area contributed by atoms with E-state index in [1.807, 2.05) is 12.1 Å². The van der Waals surface area contributed by atoms with Gasteiger partial charge in [0.25, 0.3) is 0 Å². The lowest BCUT2D eigenvalue weighted by Gasteiger charge is -2.26. The van der Waals surface area contributed by atoms with Crippen LogP contribution in [0.1, 0.15) is 38.2 Å². The molecule has 2 atom stereocenters. The highest BCUT2D eigenvalue weighted by Gasteiger charge is 2.18. The summed E-state index contributed by atoms with van der Waals surface area (Å²) < 4.78 is 13.6. The molecule has 0 heterocycles. The van der Waals surface area contributed by atoms with E-state index in [1.165, 1.54) is 31.7 Å². The molecule has 0 radical (unpaired) electrons.